The van der Waals surface area contributed by atoms with Crippen LogP contribution in [0.25, 0.3) is 0 Å². The van der Waals surface area contributed by atoms with Gasteiger partial charge in [-0.15, -0.1) is 0 Å². The Morgan fingerprint density at radius 1 is 0.818 bits per heavy atom. The second kappa shape index (κ2) is 11.3. The molecule has 3 aromatic rings. The number of aryl methyl sites for hydroxylation is 2. The molecule has 0 saturated carbocycles. The van der Waals surface area contributed by atoms with Gasteiger partial charge >= 0.3 is 0 Å². The number of benzene rings is 3. The lowest BCUT2D eigenvalue weighted by Gasteiger charge is -2.19. The molecule has 0 radical (unpaired) electrons. The third-order valence-corrected chi connectivity index (χ3v) is 5.54. The molecule has 0 bridgehead atoms. The standard InChI is InChI=1S/C26H26ClN3O3/c1-17-9-8-10-18(2)25(17)30-24(32)16-28-23(31)15-22(19-11-4-3-5-12-19)29-26(33)20-13-6-7-14-21(20)27/h3-14,22H,15-16H2,1-2H3,(H,28,31)(H,29,33)(H,30,32)/t22-/m1/s1. The van der Waals surface area contributed by atoms with E-state index >= 15 is 0 Å². The van der Waals surface area contributed by atoms with Crippen LogP contribution in [0.15, 0.2) is 72.8 Å². The van der Waals surface area contributed by atoms with Gasteiger partial charge in [0, 0.05) is 5.69 Å². The molecule has 0 spiro atoms. The number of hydrogen-bond donors (Lipinski definition) is 3. The lowest BCUT2D eigenvalue weighted by Crippen LogP contribution is -2.37. The first-order valence-corrected chi connectivity index (χ1v) is 11.0. The summed E-state index contributed by atoms with van der Waals surface area (Å²) < 4.78 is 0. The first-order valence-electron chi connectivity index (χ1n) is 10.6. The molecule has 6 nitrogen and oxygen atoms in total. The second-order valence-corrected chi connectivity index (χ2v) is 8.12. The van der Waals surface area contributed by atoms with Crippen LogP contribution < -0.4 is 16.0 Å². The highest BCUT2D eigenvalue weighted by molar-refractivity contribution is 6.33. The first-order chi connectivity index (χ1) is 15.8. The van der Waals surface area contributed by atoms with E-state index in [0.717, 1.165) is 22.4 Å². The average molecular weight is 464 g/mol. The van der Waals surface area contributed by atoms with Gasteiger partial charge in [0.25, 0.3) is 5.91 Å². The SMILES string of the molecule is Cc1cccc(C)c1NC(=O)CNC(=O)C[C@@H](NC(=O)c1ccccc1Cl)c1ccccc1. The molecule has 3 amide bonds. The molecule has 7 heteroatoms. The van der Waals surface area contributed by atoms with Crippen LogP contribution in [0.4, 0.5) is 5.69 Å². The summed E-state index contributed by atoms with van der Waals surface area (Å²) in [5, 5.41) is 8.69. The van der Waals surface area contributed by atoms with Crippen LogP contribution in [0.2, 0.25) is 5.02 Å². The van der Waals surface area contributed by atoms with E-state index < -0.39 is 6.04 Å². The zero-order valence-corrected chi connectivity index (χ0v) is 19.3. The summed E-state index contributed by atoms with van der Waals surface area (Å²) in [4.78, 5) is 37.8. The van der Waals surface area contributed by atoms with Gasteiger partial charge in [-0.05, 0) is 42.7 Å². The third-order valence-electron chi connectivity index (χ3n) is 5.21. The van der Waals surface area contributed by atoms with Crippen molar-refractivity contribution in [1.82, 2.24) is 10.6 Å². The maximum Gasteiger partial charge on any atom is 0.253 e. The van der Waals surface area contributed by atoms with Crippen LogP contribution in [0, 0.1) is 13.8 Å². The van der Waals surface area contributed by atoms with Gasteiger partial charge in [-0.2, -0.15) is 0 Å². The molecule has 33 heavy (non-hydrogen) atoms. The van der Waals surface area contributed by atoms with Crippen molar-refractivity contribution >= 4 is 35.0 Å². The van der Waals surface area contributed by atoms with Crippen LogP contribution in [-0.4, -0.2) is 24.3 Å². The Balaban J connectivity index is 1.63. The molecule has 170 valence electrons. The fourth-order valence-electron chi connectivity index (χ4n) is 3.45. The van der Waals surface area contributed by atoms with Crippen molar-refractivity contribution < 1.29 is 14.4 Å². The van der Waals surface area contributed by atoms with Crippen molar-refractivity contribution in [2.75, 3.05) is 11.9 Å². The van der Waals surface area contributed by atoms with Gasteiger partial charge in [-0.25, -0.2) is 0 Å². The predicted octanol–water partition coefficient (Wildman–Crippen LogP) is 4.57. The molecular formula is C26H26ClN3O3. The topological polar surface area (TPSA) is 87.3 Å². The Morgan fingerprint density at radius 3 is 2.12 bits per heavy atom. The smallest absolute Gasteiger partial charge is 0.253 e. The van der Waals surface area contributed by atoms with E-state index in [1.165, 1.54) is 0 Å². The Morgan fingerprint density at radius 2 is 1.45 bits per heavy atom. The minimum atomic E-state index is -0.586. The van der Waals surface area contributed by atoms with Crippen molar-refractivity contribution in [3.8, 4) is 0 Å². The highest BCUT2D eigenvalue weighted by Crippen LogP contribution is 2.21. The number of carbonyl (C=O) groups excluding carboxylic acids is 3. The minimum absolute atomic E-state index is 0.0309. The quantitative estimate of drug-likeness (QED) is 0.457. The zero-order valence-electron chi connectivity index (χ0n) is 18.5. The van der Waals surface area contributed by atoms with Crippen LogP contribution in [0.3, 0.4) is 0 Å². The van der Waals surface area contributed by atoms with E-state index in [1.54, 1.807) is 24.3 Å². The number of hydrogen-bond acceptors (Lipinski definition) is 3. The van der Waals surface area contributed by atoms with E-state index in [1.807, 2.05) is 62.4 Å². The predicted molar refractivity (Wildman–Crippen MR) is 130 cm³/mol. The number of rotatable bonds is 8. The second-order valence-electron chi connectivity index (χ2n) is 7.71. The van der Waals surface area contributed by atoms with E-state index in [0.29, 0.717) is 10.6 Å². The summed E-state index contributed by atoms with van der Waals surface area (Å²) >= 11 is 6.14. The Kier molecular flexibility index (Phi) is 8.22. The van der Waals surface area contributed by atoms with Gasteiger partial charge in [0.2, 0.25) is 11.8 Å². The Bertz CT molecular complexity index is 1130. The normalized spacial score (nSPS) is 11.4. The van der Waals surface area contributed by atoms with Gasteiger partial charge in [-0.3, -0.25) is 14.4 Å². The molecule has 1 atom stereocenters. The molecule has 0 aliphatic heterocycles. The number of amides is 3. The van der Waals surface area contributed by atoms with E-state index in [9.17, 15) is 14.4 Å². The van der Waals surface area contributed by atoms with Crippen molar-refractivity contribution in [2.45, 2.75) is 26.3 Å². The number of anilines is 1. The van der Waals surface area contributed by atoms with Gasteiger partial charge in [0.15, 0.2) is 0 Å². The fourth-order valence-corrected chi connectivity index (χ4v) is 3.67. The van der Waals surface area contributed by atoms with Crippen molar-refractivity contribution in [3.63, 3.8) is 0 Å². The lowest BCUT2D eigenvalue weighted by atomic mass is 10.0. The van der Waals surface area contributed by atoms with Crippen LogP contribution >= 0.6 is 11.6 Å². The number of carbonyl (C=O) groups is 3. The molecule has 0 aromatic heterocycles. The summed E-state index contributed by atoms with van der Waals surface area (Å²) in [7, 11) is 0. The van der Waals surface area contributed by atoms with Gasteiger partial charge in [0.1, 0.15) is 0 Å². The number of para-hydroxylation sites is 1. The molecule has 3 rings (SSSR count). The largest absolute Gasteiger partial charge is 0.347 e. The fraction of sp³-hybridized carbons (Fsp3) is 0.192. The van der Waals surface area contributed by atoms with Crippen LogP contribution in [-0.2, 0) is 9.59 Å². The van der Waals surface area contributed by atoms with Crippen molar-refractivity contribution in [1.29, 1.82) is 0 Å². The molecule has 0 heterocycles. The summed E-state index contributed by atoms with van der Waals surface area (Å²) in [6.45, 7) is 3.65. The monoisotopic (exact) mass is 463 g/mol. The molecule has 0 aliphatic rings. The highest BCUT2D eigenvalue weighted by Gasteiger charge is 2.21. The maximum atomic E-state index is 12.8. The van der Waals surface area contributed by atoms with E-state index in [-0.39, 0.29) is 30.7 Å². The van der Waals surface area contributed by atoms with Gasteiger partial charge < -0.3 is 16.0 Å². The number of halogens is 1. The van der Waals surface area contributed by atoms with Crippen molar-refractivity contribution in [3.05, 3.63) is 100 Å². The van der Waals surface area contributed by atoms with Gasteiger partial charge in [-0.1, -0.05) is 72.3 Å². The summed E-state index contributed by atoms with van der Waals surface area (Å²) in [5.74, 6) is -1.06. The van der Waals surface area contributed by atoms with Crippen LogP contribution in [0.1, 0.15) is 39.5 Å². The first kappa shape index (κ1) is 24.0. The maximum absolute atomic E-state index is 12.8. The minimum Gasteiger partial charge on any atom is -0.347 e. The molecule has 3 N–H and O–H groups in total. The summed E-state index contributed by atoms with van der Waals surface area (Å²) in [6.07, 6.45) is -0.0309. The summed E-state index contributed by atoms with van der Waals surface area (Å²) in [5.41, 5.74) is 3.73. The molecule has 0 saturated heterocycles. The zero-order chi connectivity index (χ0) is 23.8. The van der Waals surface area contributed by atoms with E-state index in [2.05, 4.69) is 16.0 Å². The van der Waals surface area contributed by atoms with Gasteiger partial charge in [0.05, 0.1) is 29.6 Å². The molecule has 0 unspecified atom stereocenters. The van der Waals surface area contributed by atoms with E-state index in [4.69, 9.17) is 11.6 Å². The van der Waals surface area contributed by atoms with Crippen molar-refractivity contribution in [2.24, 2.45) is 0 Å². The number of nitrogens with one attached hydrogen (secondary N) is 3. The molecule has 0 fully saturated rings. The third kappa shape index (κ3) is 6.67. The molecule has 3 aromatic carbocycles. The Hall–Kier alpha value is -3.64. The lowest BCUT2D eigenvalue weighted by molar-refractivity contribution is -0.124. The Labute approximate surface area is 198 Å². The molecule has 0 aliphatic carbocycles. The average Bonchev–Trinajstić information content (AvgIpc) is 2.80. The van der Waals surface area contributed by atoms with Crippen LogP contribution in [0.5, 0.6) is 0 Å². The highest BCUT2D eigenvalue weighted by atomic mass is 35.5. The summed E-state index contributed by atoms with van der Waals surface area (Å²) in [6, 6.07) is 21.1. The molecular weight excluding hydrogens is 438 g/mol.